The normalized spacial score (nSPS) is 18.4. The summed E-state index contributed by atoms with van der Waals surface area (Å²) in [4.78, 5) is 2.31. The van der Waals surface area contributed by atoms with Crippen LogP contribution in [0.1, 0.15) is 5.56 Å². The Bertz CT molecular complexity index is 295. The minimum atomic E-state index is -0.149. The van der Waals surface area contributed by atoms with Crippen molar-refractivity contribution in [3.05, 3.63) is 35.6 Å². The molecule has 1 fully saturated rings. The molecule has 1 aromatic carbocycles. The molecule has 1 aliphatic heterocycles. The highest BCUT2D eigenvalue weighted by molar-refractivity contribution is 5.16. The summed E-state index contributed by atoms with van der Waals surface area (Å²) >= 11 is 0. The fourth-order valence-electron chi connectivity index (χ4n) is 1.70. The molecule has 1 heterocycles. The molecular formula is C11H14FN2. The summed E-state index contributed by atoms with van der Waals surface area (Å²) < 4.78 is 12.9. The van der Waals surface area contributed by atoms with Crippen molar-refractivity contribution in [3.63, 3.8) is 0 Å². The topological polar surface area (TPSA) is 17.3 Å². The lowest BCUT2D eigenvalue weighted by atomic mass is 10.2. The average molecular weight is 193 g/mol. The SMILES string of the molecule is Fc1cccc(CN2CC[N]CC2)c1. The van der Waals surface area contributed by atoms with Crippen LogP contribution >= 0.6 is 0 Å². The summed E-state index contributed by atoms with van der Waals surface area (Å²) in [6, 6.07) is 6.81. The van der Waals surface area contributed by atoms with Crippen LogP contribution in [0.5, 0.6) is 0 Å². The van der Waals surface area contributed by atoms with E-state index in [4.69, 9.17) is 0 Å². The van der Waals surface area contributed by atoms with Gasteiger partial charge in [-0.15, -0.1) is 0 Å². The maximum atomic E-state index is 12.9. The van der Waals surface area contributed by atoms with Crippen molar-refractivity contribution in [1.82, 2.24) is 10.2 Å². The van der Waals surface area contributed by atoms with E-state index in [-0.39, 0.29) is 5.82 Å². The number of hydrogen-bond acceptors (Lipinski definition) is 1. The summed E-state index contributed by atoms with van der Waals surface area (Å²) in [5, 5.41) is 4.27. The Hall–Kier alpha value is -0.930. The Morgan fingerprint density at radius 3 is 2.79 bits per heavy atom. The fourth-order valence-corrected chi connectivity index (χ4v) is 1.70. The van der Waals surface area contributed by atoms with Gasteiger partial charge in [-0.1, -0.05) is 12.1 Å². The molecule has 14 heavy (non-hydrogen) atoms. The van der Waals surface area contributed by atoms with E-state index in [1.54, 1.807) is 12.1 Å². The quantitative estimate of drug-likeness (QED) is 0.691. The Morgan fingerprint density at radius 1 is 1.29 bits per heavy atom. The van der Waals surface area contributed by atoms with E-state index in [0.717, 1.165) is 38.3 Å². The highest BCUT2D eigenvalue weighted by atomic mass is 19.1. The van der Waals surface area contributed by atoms with Crippen LogP contribution in [-0.2, 0) is 6.54 Å². The van der Waals surface area contributed by atoms with E-state index in [1.807, 2.05) is 6.07 Å². The first-order valence-corrected chi connectivity index (χ1v) is 4.95. The molecule has 0 unspecified atom stereocenters. The third-order valence-corrected chi connectivity index (χ3v) is 2.44. The minimum Gasteiger partial charge on any atom is -0.296 e. The lowest BCUT2D eigenvalue weighted by molar-refractivity contribution is 0.230. The lowest BCUT2D eigenvalue weighted by Gasteiger charge is -2.26. The second kappa shape index (κ2) is 4.53. The van der Waals surface area contributed by atoms with Crippen LogP contribution in [-0.4, -0.2) is 31.1 Å². The number of hydrogen-bond donors (Lipinski definition) is 0. The molecule has 3 heteroatoms. The van der Waals surface area contributed by atoms with Gasteiger partial charge in [-0.25, -0.2) is 9.71 Å². The first-order chi connectivity index (χ1) is 6.84. The molecule has 0 bridgehead atoms. The third kappa shape index (κ3) is 2.53. The first-order valence-electron chi connectivity index (χ1n) is 4.95. The van der Waals surface area contributed by atoms with E-state index in [1.165, 1.54) is 6.07 Å². The number of nitrogens with zero attached hydrogens (tertiary/aromatic N) is 2. The summed E-state index contributed by atoms with van der Waals surface area (Å²) in [5.41, 5.74) is 1.05. The van der Waals surface area contributed by atoms with Crippen LogP contribution in [0.2, 0.25) is 0 Å². The summed E-state index contributed by atoms with van der Waals surface area (Å²) in [7, 11) is 0. The smallest absolute Gasteiger partial charge is 0.123 e. The van der Waals surface area contributed by atoms with E-state index in [2.05, 4.69) is 10.2 Å². The molecule has 0 amide bonds. The molecule has 2 nitrogen and oxygen atoms in total. The van der Waals surface area contributed by atoms with Crippen molar-refractivity contribution in [1.29, 1.82) is 0 Å². The third-order valence-electron chi connectivity index (χ3n) is 2.44. The van der Waals surface area contributed by atoms with Crippen LogP contribution in [0.3, 0.4) is 0 Å². The zero-order chi connectivity index (χ0) is 9.80. The van der Waals surface area contributed by atoms with Crippen molar-refractivity contribution >= 4 is 0 Å². The van der Waals surface area contributed by atoms with Crippen molar-refractivity contribution < 1.29 is 4.39 Å². The standard InChI is InChI=1S/C11H14FN2/c12-11-3-1-2-10(8-11)9-14-6-4-13-5-7-14/h1-3,8H,4-7,9H2. The van der Waals surface area contributed by atoms with Gasteiger partial charge in [0.25, 0.3) is 0 Å². The maximum Gasteiger partial charge on any atom is 0.123 e. The predicted octanol–water partition coefficient (Wildman–Crippen LogP) is 1.25. The molecule has 1 aromatic rings. The molecule has 0 saturated carbocycles. The fraction of sp³-hybridized carbons (Fsp3) is 0.455. The van der Waals surface area contributed by atoms with Crippen LogP contribution in [0, 0.1) is 5.82 Å². The molecule has 75 valence electrons. The zero-order valence-corrected chi connectivity index (χ0v) is 8.12. The zero-order valence-electron chi connectivity index (χ0n) is 8.12. The highest BCUT2D eigenvalue weighted by Gasteiger charge is 2.10. The van der Waals surface area contributed by atoms with Gasteiger partial charge < -0.3 is 0 Å². The van der Waals surface area contributed by atoms with E-state index in [0.29, 0.717) is 0 Å². The highest BCUT2D eigenvalue weighted by Crippen LogP contribution is 2.07. The van der Waals surface area contributed by atoms with Crippen LogP contribution in [0.15, 0.2) is 24.3 Å². The molecule has 1 aliphatic rings. The van der Waals surface area contributed by atoms with Crippen LogP contribution in [0.25, 0.3) is 0 Å². The minimum absolute atomic E-state index is 0.149. The molecular weight excluding hydrogens is 179 g/mol. The maximum absolute atomic E-state index is 12.9. The molecule has 0 N–H and O–H groups in total. The summed E-state index contributed by atoms with van der Waals surface area (Å²) in [6.45, 7) is 4.66. The molecule has 1 saturated heterocycles. The monoisotopic (exact) mass is 193 g/mol. The number of benzene rings is 1. The van der Waals surface area contributed by atoms with Gasteiger partial charge in [0, 0.05) is 32.7 Å². The van der Waals surface area contributed by atoms with Gasteiger partial charge in [0.2, 0.25) is 0 Å². The summed E-state index contributed by atoms with van der Waals surface area (Å²) in [6.07, 6.45) is 0. The Morgan fingerprint density at radius 2 is 2.07 bits per heavy atom. The lowest BCUT2D eigenvalue weighted by Crippen LogP contribution is -2.39. The van der Waals surface area contributed by atoms with Gasteiger partial charge in [0.1, 0.15) is 5.82 Å². The van der Waals surface area contributed by atoms with Crippen molar-refractivity contribution in [2.24, 2.45) is 0 Å². The van der Waals surface area contributed by atoms with Gasteiger partial charge in [-0.05, 0) is 17.7 Å². The number of piperazine rings is 1. The molecule has 2 rings (SSSR count). The molecule has 0 aromatic heterocycles. The van der Waals surface area contributed by atoms with Gasteiger partial charge in [-0.3, -0.25) is 4.90 Å². The molecule has 1 radical (unpaired) electrons. The number of rotatable bonds is 2. The van der Waals surface area contributed by atoms with Gasteiger partial charge in [0.15, 0.2) is 0 Å². The Labute approximate surface area is 83.7 Å². The molecule has 0 spiro atoms. The van der Waals surface area contributed by atoms with Gasteiger partial charge >= 0.3 is 0 Å². The Kier molecular flexibility index (Phi) is 3.11. The van der Waals surface area contributed by atoms with Gasteiger partial charge in [0.05, 0.1) is 0 Å². The second-order valence-corrected chi connectivity index (χ2v) is 3.58. The first kappa shape index (κ1) is 9.62. The van der Waals surface area contributed by atoms with Gasteiger partial charge in [-0.2, -0.15) is 0 Å². The van der Waals surface area contributed by atoms with Crippen molar-refractivity contribution in [2.45, 2.75) is 6.54 Å². The molecule has 0 atom stereocenters. The average Bonchev–Trinajstić information content (AvgIpc) is 2.19. The Balaban J connectivity index is 1.95. The van der Waals surface area contributed by atoms with E-state index in [9.17, 15) is 4.39 Å². The predicted molar refractivity (Wildman–Crippen MR) is 53.5 cm³/mol. The largest absolute Gasteiger partial charge is 0.296 e. The summed E-state index contributed by atoms with van der Waals surface area (Å²) in [5.74, 6) is -0.149. The van der Waals surface area contributed by atoms with Crippen molar-refractivity contribution in [2.75, 3.05) is 26.2 Å². The van der Waals surface area contributed by atoms with Crippen molar-refractivity contribution in [3.8, 4) is 0 Å². The van der Waals surface area contributed by atoms with E-state index < -0.39 is 0 Å². The van der Waals surface area contributed by atoms with E-state index >= 15 is 0 Å². The second-order valence-electron chi connectivity index (χ2n) is 3.58. The molecule has 0 aliphatic carbocycles. The van der Waals surface area contributed by atoms with Crippen LogP contribution < -0.4 is 5.32 Å². The number of halogens is 1. The van der Waals surface area contributed by atoms with Crippen LogP contribution in [0.4, 0.5) is 4.39 Å².